The number of piperidine rings is 1. The highest BCUT2D eigenvalue weighted by Gasteiger charge is 2.24. The van der Waals surface area contributed by atoms with E-state index in [0.29, 0.717) is 10.0 Å². The highest BCUT2D eigenvalue weighted by atomic mass is 79.9. The van der Waals surface area contributed by atoms with Gasteiger partial charge in [-0.15, -0.1) is 0 Å². The second-order valence-electron chi connectivity index (χ2n) is 4.90. The quantitative estimate of drug-likeness (QED) is 0.792. The molecule has 1 aliphatic heterocycles. The molecule has 0 bridgehead atoms. The molecule has 0 radical (unpaired) electrons. The molecule has 1 amide bonds. The first-order chi connectivity index (χ1) is 9.58. The molecule has 20 heavy (non-hydrogen) atoms. The van der Waals surface area contributed by atoms with Crippen LogP contribution in [0.25, 0.3) is 0 Å². The standard InChI is InChI=1S/C14H17BrN2O3/c1-10-4-2-3-5-17(10)13(18)9-20-14(19)11-6-12(15)8-16-7-11/h6-8,10H,2-5,9H2,1H3/t10-/m1/s1. The first-order valence-electron chi connectivity index (χ1n) is 6.65. The molecule has 0 spiro atoms. The molecule has 1 aliphatic rings. The summed E-state index contributed by atoms with van der Waals surface area (Å²) in [5.74, 6) is -0.662. The number of amides is 1. The number of hydrogen-bond acceptors (Lipinski definition) is 4. The number of hydrogen-bond donors (Lipinski definition) is 0. The summed E-state index contributed by atoms with van der Waals surface area (Å²) in [6.07, 6.45) is 6.17. The largest absolute Gasteiger partial charge is 0.452 e. The smallest absolute Gasteiger partial charge is 0.340 e. The van der Waals surface area contributed by atoms with Gasteiger partial charge in [0.15, 0.2) is 6.61 Å². The molecule has 6 heteroatoms. The minimum Gasteiger partial charge on any atom is -0.452 e. The Balaban J connectivity index is 1.88. The molecule has 108 valence electrons. The second kappa shape index (κ2) is 6.83. The number of esters is 1. The van der Waals surface area contributed by atoms with Gasteiger partial charge < -0.3 is 9.64 Å². The summed E-state index contributed by atoms with van der Waals surface area (Å²) in [6, 6.07) is 1.84. The number of aromatic nitrogens is 1. The van der Waals surface area contributed by atoms with E-state index >= 15 is 0 Å². The summed E-state index contributed by atoms with van der Waals surface area (Å²) in [5.41, 5.74) is 0.332. The zero-order valence-corrected chi connectivity index (χ0v) is 12.9. The normalized spacial score (nSPS) is 18.7. The summed E-state index contributed by atoms with van der Waals surface area (Å²) in [7, 11) is 0. The molecule has 5 nitrogen and oxygen atoms in total. The average Bonchev–Trinajstić information content (AvgIpc) is 2.45. The van der Waals surface area contributed by atoms with E-state index in [4.69, 9.17) is 4.74 Å². The molecule has 2 rings (SSSR count). The molecular formula is C14H17BrN2O3. The monoisotopic (exact) mass is 340 g/mol. The van der Waals surface area contributed by atoms with Gasteiger partial charge in [0.25, 0.3) is 5.91 Å². The Morgan fingerprint density at radius 1 is 1.45 bits per heavy atom. The summed E-state index contributed by atoms with van der Waals surface area (Å²) in [5, 5.41) is 0. The number of likely N-dealkylation sites (tertiary alicyclic amines) is 1. The van der Waals surface area contributed by atoms with E-state index in [0.717, 1.165) is 25.8 Å². The molecule has 0 unspecified atom stereocenters. The number of rotatable bonds is 3. The fourth-order valence-electron chi connectivity index (χ4n) is 2.29. The van der Waals surface area contributed by atoms with Crippen molar-refractivity contribution >= 4 is 27.8 Å². The van der Waals surface area contributed by atoms with Gasteiger partial charge in [0.05, 0.1) is 5.56 Å². The minimum absolute atomic E-state index is 0.131. The van der Waals surface area contributed by atoms with Crippen molar-refractivity contribution in [2.24, 2.45) is 0 Å². The fraction of sp³-hybridized carbons (Fsp3) is 0.500. The van der Waals surface area contributed by atoms with Crippen LogP contribution in [0.1, 0.15) is 36.5 Å². The summed E-state index contributed by atoms with van der Waals surface area (Å²) >= 11 is 3.24. The van der Waals surface area contributed by atoms with Gasteiger partial charge in [-0.25, -0.2) is 4.79 Å². The Labute approximate surface area is 126 Å². The zero-order chi connectivity index (χ0) is 14.5. The van der Waals surface area contributed by atoms with Gasteiger partial charge in [0.1, 0.15) is 0 Å². The lowest BCUT2D eigenvalue weighted by Gasteiger charge is -2.33. The van der Waals surface area contributed by atoms with Gasteiger partial charge in [0, 0.05) is 29.5 Å². The molecule has 1 fully saturated rings. The number of halogens is 1. The average molecular weight is 341 g/mol. The lowest BCUT2D eigenvalue weighted by molar-refractivity contribution is -0.137. The van der Waals surface area contributed by atoms with Crippen molar-refractivity contribution in [2.45, 2.75) is 32.2 Å². The van der Waals surface area contributed by atoms with Crippen LogP contribution in [-0.2, 0) is 9.53 Å². The van der Waals surface area contributed by atoms with Gasteiger partial charge in [-0.1, -0.05) is 0 Å². The van der Waals surface area contributed by atoms with Crippen molar-refractivity contribution < 1.29 is 14.3 Å². The number of carbonyl (C=O) groups excluding carboxylic acids is 2. The maximum atomic E-state index is 12.0. The van der Waals surface area contributed by atoms with Crippen molar-refractivity contribution in [2.75, 3.05) is 13.2 Å². The molecule has 0 N–H and O–H groups in total. The maximum absolute atomic E-state index is 12.0. The first kappa shape index (κ1) is 15.0. The molecule has 2 heterocycles. The Morgan fingerprint density at radius 3 is 2.95 bits per heavy atom. The third kappa shape index (κ3) is 3.79. The molecule has 1 saturated heterocycles. The second-order valence-corrected chi connectivity index (χ2v) is 5.82. The molecule has 0 aromatic carbocycles. The highest BCUT2D eigenvalue weighted by Crippen LogP contribution is 2.16. The molecule has 1 aromatic heterocycles. The molecule has 1 atom stereocenters. The van der Waals surface area contributed by atoms with Crippen LogP contribution in [0.2, 0.25) is 0 Å². The van der Waals surface area contributed by atoms with Gasteiger partial charge >= 0.3 is 5.97 Å². The Hall–Kier alpha value is -1.43. The molecule has 0 aliphatic carbocycles. The van der Waals surface area contributed by atoms with Crippen molar-refractivity contribution in [3.63, 3.8) is 0 Å². The van der Waals surface area contributed by atoms with Crippen LogP contribution < -0.4 is 0 Å². The van der Waals surface area contributed by atoms with Gasteiger partial charge in [-0.05, 0) is 48.2 Å². The lowest BCUT2D eigenvalue weighted by atomic mass is 10.0. The van der Waals surface area contributed by atoms with E-state index in [1.807, 2.05) is 6.92 Å². The van der Waals surface area contributed by atoms with Crippen molar-refractivity contribution in [3.05, 3.63) is 28.5 Å². The first-order valence-corrected chi connectivity index (χ1v) is 7.44. The number of pyridine rings is 1. The van der Waals surface area contributed by atoms with Crippen LogP contribution >= 0.6 is 15.9 Å². The number of ether oxygens (including phenoxy) is 1. The van der Waals surface area contributed by atoms with Crippen LogP contribution in [0.4, 0.5) is 0 Å². The SMILES string of the molecule is C[C@@H]1CCCCN1C(=O)COC(=O)c1cncc(Br)c1. The third-order valence-electron chi connectivity index (χ3n) is 3.39. The zero-order valence-electron chi connectivity index (χ0n) is 11.3. The van der Waals surface area contributed by atoms with Crippen molar-refractivity contribution in [1.29, 1.82) is 0 Å². The molecule has 1 aromatic rings. The fourth-order valence-corrected chi connectivity index (χ4v) is 2.65. The topological polar surface area (TPSA) is 59.5 Å². The third-order valence-corrected chi connectivity index (χ3v) is 3.82. The van der Waals surface area contributed by atoms with Crippen molar-refractivity contribution in [3.8, 4) is 0 Å². The maximum Gasteiger partial charge on any atom is 0.340 e. The Bertz CT molecular complexity index is 507. The molecular weight excluding hydrogens is 324 g/mol. The van der Waals surface area contributed by atoms with Crippen LogP contribution in [0.5, 0.6) is 0 Å². The van der Waals surface area contributed by atoms with Gasteiger partial charge in [-0.2, -0.15) is 0 Å². The van der Waals surface area contributed by atoms with Crippen molar-refractivity contribution in [1.82, 2.24) is 9.88 Å². The lowest BCUT2D eigenvalue weighted by Crippen LogP contribution is -2.44. The highest BCUT2D eigenvalue weighted by molar-refractivity contribution is 9.10. The predicted molar refractivity (Wildman–Crippen MR) is 77.2 cm³/mol. The van der Waals surface area contributed by atoms with Crippen LogP contribution in [-0.4, -0.2) is 41.0 Å². The molecule has 0 saturated carbocycles. The number of carbonyl (C=O) groups is 2. The van der Waals surface area contributed by atoms with Crippen LogP contribution in [0.3, 0.4) is 0 Å². The summed E-state index contributed by atoms with van der Waals surface area (Å²) in [6.45, 7) is 2.56. The van der Waals surface area contributed by atoms with E-state index in [1.54, 1.807) is 17.2 Å². The number of nitrogens with zero attached hydrogens (tertiary/aromatic N) is 2. The van der Waals surface area contributed by atoms with Crippen LogP contribution in [0, 0.1) is 0 Å². The van der Waals surface area contributed by atoms with E-state index < -0.39 is 5.97 Å². The van der Waals surface area contributed by atoms with Gasteiger partial charge in [-0.3, -0.25) is 9.78 Å². The Morgan fingerprint density at radius 2 is 2.25 bits per heavy atom. The summed E-state index contributed by atoms with van der Waals surface area (Å²) < 4.78 is 5.75. The van der Waals surface area contributed by atoms with E-state index in [9.17, 15) is 9.59 Å². The van der Waals surface area contributed by atoms with E-state index in [2.05, 4.69) is 20.9 Å². The predicted octanol–water partition coefficient (Wildman–Crippen LogP) is 2.40. The van der Waals surface area contributed by atoms with Crippen LogP contribution in [0.15, 0.2) is 22.9 Å². The van der Waals surface area contributed by atoms with Gasteiger partial charge in [0.2, 0.25) is 0 Å². The minimum atomic E-state index is -0.531. The summed E-state index contributed by atoms with van der Waals surface area (Å²) in [4.78, 5) is 29.5. The van der Waals surface area contributed by atoms with E-state index in [1.165, 1.54) is 6.20 Å². The Kier molecular flexibility index (Phi) is 5.11. The van der Waals surface area contributed by atoms with E-state index in [-0.39, 0.29) is 18.6 Å².